The first-order valence-corrected chi connectivity index (χ1v) is 10.4. The van der Waals surface area contributed by atoms with Crippen molar-refractivity contribution in [1.82, 2.24) is 0 Å². The van der Waals surface area contributed by atoms with Crippen molar-refractivity contribution in [3.05, 3.63) is 83.4 Å². The lowest BCUT2D eigenvalue weighted by molar-refractivity contribution is -0.132. The van der Waals surface area contributed by atoms with Gasteiger partial charge in [0, 0.05) is 26.0 Å². The number of ketones is 1. The highest BCUT2D eigenvalue weighted by Gasteiger charge is 2.32. The van der Waals surface area contributed by atoms with E-state index in [2.05, 4.69) is 0 Å². The highest BCUT2D eigenvalue weighted by Crippen LogP contribution is 2.42. The van der Waals surface area contributed by atoms with Gasteiger partial charge in [-0.05, 0) is 23.3 Å². The lowest BCUT2D eigenvalue weighted by atomic mass is 9.95. The largest absolute Gasteiger partial charge is 0.489 e. The van der Waals surface area contributed by atoms with E-state index in [0.717, 1.165) is 11.1 Å². The van der Waals surface area contributed by atoms with E-state index in [1.54, 1.807) is 30.3 Å². The van der Waals surface area contributed by atoms with Gasteiger partial charge in [-0.1, -0.05) is 42.5 Å². The van der Waals surface area contributed by atoms with E-state index in [0.29, 0.717) is 18.1 Å². The van der Waals surface area contributed by atoms with Gasteiger partial charge >= 0.3 is 11.9 Å². The molecule has 3 aromatic carbocycles. The minimum Gasteiger partial charge on any atom is -0.489 e. The number of benzene rings is 3. The Morgan fingerprint density at radius 3 is 2.27 bits per heavy atom. The zero-order valence-electron chi connectivity index (χ0n) is 18.2. The molecule has 1 aliphatic rings. The Kier molecular flexibility index (Phi) is 6.40. The van der Waals surface area contributed by atoms with Crippen LogP contribution in [0.1, 0.15) is 47.9 Å². The molecular formula is C26H22O7. The number of carbonyl (C=O) groups excluding carboxylic acids is 3. The smallest absolute Gasteiger partial charge is 0.308 e. The highest BCUT2D eigenvalue weighted by molar-refractivity contribution is 6.03. The fourth-order valence-electron chi connectivity index (χ4n) is 3.56. The van der Waals surface area contributed by atoms with Crippen molar-refractivity contribution < 1.29 is 33.3 Å². The van der Waals surface area contributed by atoms with Crippen molar-refractivity contribution in [2.75, 3.05) is 0 Å². The molecule has 0 saturated carbocycles. The fraction of sp³-hybridized carbons (Fsp3) is 0.192. The molecule has 1 heterocycles. The van der Waals surface area contributed by atoms with Gasteiger partial charge < -0.3 is 18.9 Å². The number of ether oxygens (including phenoxy) is 4. The monoisotopic (exact) mass is 446 g/mol. The van der Waals surface area contributed by atoms with Gasteiger partial charge in [-0.15, -0.1) is 0 Å². The summed E-state index contributed by atoms with van der Waals surface area (Å²) in [5.41, 5.74) is 1.92. The van der Waals surface area contributed by atoms with Crippen molar-refractivity contribution in [3.63, 3.8) is 0 Å². The summed E-state index contributed by atoms with van der Waals surface area (Å²) in [5.74, 6) is 0.0280. The van der Waals surface area contributed by atoms with Crippen LogP contribution < -0.4 is 18.9 Å². The van der Waals surface area contributed by atoms with Gasteiger partial charge in [0.2, 0.25) is 0 Å². The van der Waals surface area contributed by atoms with Crippen molar-refractivity contribution >= 4 is 17.7 Å². The molecule has 168 valence electrons. The molecule has 0 N–H and O–H groups in total. The van der Waals surface area contributed by atoms with Crippen LogP contribution in [0.4, 0.5) is 0 Å². The van der Waals surface area contributed by atoms with E-state index in [1.165, 1.54) is 19.9 Å². The quantitative estimate of drug-likeness (QED) is 0.396. The summed E-state index contributed by atoms with van der Waals surface area (Å²) in [6.07, 6.45) is -0.482. The molecule has 7 heteroatoms. The summed E-state index contributed by atoms with van der Waals surface area (Å²) in [6, 6.07) is 19.5. The Hall–Kier alpha value is -4.13. The SMILES string of the molecule is CC(=O)Oc1ccc(C2CC(=O)c3c(OC(C)=O)cc(OCc4ccccc4)cc3O2)cc1. The first-order valence-electron chi connectivity index (χ1n) is 10.4. The molecule has 7 nitrogen and oxygen atoms in total. The molecule has 0 aliphatic carbocycles. The number of rotatable bonds is 6. The Morgan fingerprint density at radius 1 is 0.909 bits per heavy atom. The van der Waals surface area contributed by atoms with Crippen molar-refractivity contribution in [3.8, 4) is 23.0 Å². The molecule has 0 saturated heterocycles. The third-order valence-corrected chi connectivity index (χ3v) is 4.97. The van der Waals surface area contributed by atoms with Crippen LogP contribution in [0.25, 0.3) is 0 Å². The zero-order valence-corrected chi connectivity index (χ0v) is 18.2. The molecule has 4 rings (SSSR count). The normalized spacial score (nSPS) is 14.6. The van der Waals surface area contributed by atoms with E-state index in [-0.39, 0.29) is 29.3 Å². The maximum atomic E-state index is 13.0. The Balaban J connectivity index is 1.61. The topological polar surface area (TPSA) is 88.1 Å². The first kappa shape index (κ1) is 22.1. The number of fused-ring (bicyclic) bond motifs is 1. The second-order valence-electron chi connectivity index (χ2n) is 7.56. The van der Waals surface area contributed by atoms with Crippen LogP contribution in [0.5, 0.6) is 23.0 Å². The van der Waals surface area contributed by atoms with Gasteiger partial charge in [0.1, 0.15) is 41.3 Å². The summed E-state index contributed by atoms with van der Waals surface area (Å²) in [5, 5.41) is 0. The second kappa shape index (κ2) is 9.56. The molecule has 0 amide bonds. The third kappa shape index (κ3) is 5.38. The predicted octanol–water partition coefficient (Wildman–Crippen LogP) is 4.82. The molecule has 0 fully saturated rings. The average Bonchev–Trinajstić information content (AvgIpc) is 2.77. The van der Waals surface area contributed by atoms with Gasteiger partial charge in [-0.2, -0.15) is 0 Å². The summed E-state index contributed by atoms with van der Waals surface area (Å²) in [4.78, 5) is 35.8. The summed E-state index contributed by atoms with van der Waals surface area (Å²) < 4.78 is 22.4. The minimum absolute atomic E-state index is 0.0679. The lowest BCUT2D eigenvalue weighted by Crippen LogP contribution is -2.22. The Morgan fingerprint density at radius 2 is 1.61 bits per heavy atom. The van der Waals surface area contributed by atoms with Gasteiger partial charge in [-0.3, -0.25) is 14.4 Å². The molecule has 0 radical (unpaired) electrons. The molecule has 1 unspecified atom stereocenters. The number of esters is 2. The van der Waals surface area contributed by atoms with Crippen molar-refractivity contribution in [2.45, 2.75) is 33.0 Å². The van der Waals surface area contributed by atoms with Crippen LogP contribution in [0, 0.1) is 0 Å². The average molecular weight is 446 g/mol. The summed E-state index contributed by atoms with van der Waals surface area (Å²) in [6.45, 7) is 2.89. The molecule has 33 heavy (non-hydrogen) atoms. The second-order valence-corrected chi connectivity index (χ2v) is 7.56. The molecule has 0 bridgehead atoms. The van der Waals surface area contributed by atoms with Gasteiger partial charge in [0.15, 0.2) is 5.78 Å². The molecule has 3 aromatic rings. The van der Waals surface area contributed by atoms with Crippen LogP contribution in [0.3, 0.4) is 0 Å². The maximum Gasteiger partial charge on any atom is 0.308 e. The molecular weight excluding hydrogens is 424 g/mol. The van der Waals surface area contributed by atoms with E-state index in [4.69, 9.17) is 18.9 Å². The van der Waals surface area contributed by atoms with Gasteiger partial charge in [0.05, 0.1) is 6.42 Å². The predicted molar refractivity (Wildman–Crippen MR) is 119 cm³/mol. The van der Waals surface area contributed by atoms with E-state index < -0.39 is 18.0 Å². The van der Waals surface area contributed by atoms with E-state index in [1.807, 2.05) is 30.3 Å². The van der Waals surface area contributed by atoms with Crippen LogP contribution in [0.2, 0.25) is 0 Å². The molecule has 1 aliphatic heterocycles. The maximum absolute atomic E-state index is 13.0. The third-order valence-electron chi connectivity index (χ3n) is 4.97. The zero-order chi connectivity index (χ0) is 23.4. The van der Waals surface area contributed by atoms with Crippen LogP contribution in [-0.4, -0.2) is 17.7 Å². The van der Waals surface area contributed by atoms with Gasteiger partial charge in [0.25, 0.3) is 0 Å². The van der Waals surface area contributed by atoms with Crippen molar-refractivity contribution in [1.29, 1.82) is 0 Å². The fourth-order valence-corrected chi connectivity index (χ4v) is 3.56. The van der Waals surface area contributed by atoms with E-state index >= 15 is 0 Å². The summed E-state index contributed by atoms with van der Waals surface area (Å²) >= 11 is 0. The summed E-state index contributed by atoms with van der Waals surface area (Å²) in [7, 11) is 0. The first-order chi connectivity index (χ1) is 15.9. The highest BCUT2D eigenvalue weighted by atomic mass is 16.5. The molecule has 1 atom stereocenters. The molecule has 0 spiro atoms. The van der Waals surface area contributed by atoms with Crippen LogP contribution >= 0.6 is 0 Å². The number of carbonyl (C=O) groups is 3. The Bertz CT molecular complexity index is 1180. The standard InChI is InChI=1S/C26H22O7/c1-16(27)31-20-10-8-19(9-11-20)23-14-22(29)26-24(32-17(2)28)12-21(13-25(26)33-23)30-15-18-6-4-3-5-7-18/h3-13,23H,14-15H2,1-2H3. The lowest BCUT2D eigenvalue weighted by Gasteiger charge is -2.27. The Labute approximate surface area is 190 Å². The molecule has 0 aromatic heterocycles. The number of Topliss-reactive ketones (excluding diaryl/α,β-unsaturated/α-hetero) is 1. The van der Waals surface area contributed by atoms with Crippen molar-refractivity contribution in [2.24, 2.45) is 0 Å². The van der Waals surface area contributed by atoms with E-state index in [9.17, 15) is 14.4 Å². The number of hydrogen-bond acceptors (Lipinski definition) is 7. The number of hydrogen-bond donors (Lipinski definition) is 0. The van der Waals surface area contributed by atoms with Crippen LogP contribution in [0.15, 0.2) is 66.7 Å². The van der Waals surface area contributed by atoms with Gasteiger partial charge in [-0.25, -0.2) is 0 Å². The van der Waals surface area contributed by atoms with Crippen LogP contribution in [-0.2, 0) is 16.2 Å². The minimum atomic E-state index is -0.550.